The van der Waals surface area contributed by atoms with E-state index in [0.717, 1.165) is 43.9 Å². The molecule has 0 unspecified atom stereocenters. The summed E-state index contributed by atoms with van der Waals surface area (Å²) < 4.78 is 0. The number of aryl methyl sites for hydroxylation is 1. The maximum Gasteiger partial charge on any atom is 0.272 e. The molecule has 1 saturated heterocycles. The smallest absolute Gasteiger partial charge is 0.272 e. The van der Waals surface area contributed by atoms with E-state index in [4.69, 9.17) is 0 Å². The molecule has 1 aromatic rings. The average molecular weight is 235 g/mol. The Morgan fingerprint density at radius 2 is 2.12 bits per heavy atom. The maximum atomic E-state index is 10.7. The summed E-state index contributed by atoms with van der Waals surface area (Å²) in [4.78, 5) is 12.7. The normalized spacial score (nSPS) is 17.0. The van der Waals surface area contributed by atoms with E-state index < -0.39 is 0 Å². The highest BCUT2D eigenvalue weighted by Crippen LogP contribution is 2.19. The van der Waals surface area contributed by atoms with Crippen LogP contribution in [0.2, 0.25) is 0 Å². The molecule has 0 atom stereocenters. The average Bonchev–Trinajstić information content (AvgIpc) is 2.30. The lowest BCUT2D eigenvalue weighted by molar-refractivity contribution is -0.385. The monoisotopic (exact) mass is 235 g/mol. The van der Waals surface area contributed by atoms with Gasteiger partial charge in [-0.1, -0.05) is 6.07 Å². The van der Waals surface area contributed by atoms with Crippen molar-refractivity contribution in [2.24, 2.45) is 0 Å². The van der Waals surface area contributed by atoms with Crippen LogP contribution >= 0.6 is 0 Å². The van der Waals surface area contributed by atoms with Crippen LogP contribution in [-0.2, 0) is 6.54 Å². The Morgan fingerprint density at radius 3 is 2.71 bits per heavy atom. The topological polar surface area (TPSA) is 58.4 Å². The van der Waals surface area contributed by atoms with Crippen molar-refractivity contribution >= 4 is 5.69 Å². The Labute approximate surface area is 101 Å². The van der Waals surface area contributed by atoms with Gasteiger partial charge in [-0.3, -0.25) is 15.0 Å². The van der Waals surface area contributed by atoms with Gasteiger partial charge in [-0.25, -0.2) is 0 Å². The molecule has 0 amide bonds. The van der Waals surface area contributed by atoms with Crippen LogP contribution < -0.4 is 5.32 Å². The number of piperazine rings is 1. The van der Waals surface area contributed by atoms with E-state index in [0.29, 0.717) is 0 Å². The van der Waals surface area contributed by atoms with Crippen molar-refractivity contribution in [3.05, 3.63) is 39.4 Å². The molecule has 92 valence electrons. The molecule has 0 aromatic heterocycles. The number of nitrogens with one attached hydrogen (secondary N) is 1. The number of nitrogens with zero attached hydrogens (tertiary/aromatic N) is 2. The summed E-state index contributed by atoms with van der Waals surface area (Å²) in [6, 6.07) is 5.38. The molecule has 2 rings (SSSR count). The summed E-state index contributed by atoms with van der Waals surface area (Å²) in [6.45, 7) is 6.78. The van der Waals surface area contributed by atoms with E-state index in [2.05, 4.69) is 10.2 Å². The van der Waals surface area contributed by atoms with Crippen LogP contribution in [0.25, 0.3) is 0 Å². The van der Waals surface area contributed by atoms with E-state index >= 15 is 0 Å². The third-order valence-electron chi connectivity index (χ3n) is 3.07. The summed E-state index contributed by atoms with van der Waals surface area (Å²) in [5.74, 6) is 0. The molecular weight excluding hydrogens is 218 g/mol. The van der Waals surface area contributed by atoms with Gasteiger partial charge < -0.3 is 5.32 Å². The largest absolute Gasteiger partial charge is 0.314 e. The van der Waals surface area contributed by atoms with Crippen LogP contribution in [0, 0.1) is 17.0 Å². The first kappa shape index (κ1) is 12.0. The Kier molecular flexibility index (Phi) is 3.71. The van der Waals surface area contributed by atoms with Gasteiger partial charge in [-0.15, -0.1) is 0 Å². The van der Waals surface area contributed by atoms with Crippen LogP contribution in [0.4, 0.5) is 5.69 Å². The minimum atomic E-state index is -0.329. The molecular formula is C12H17N3O2. The van der Waals surface area contributed by atoms with Crippen molar-refractivity contribution in [2.75, 3.05) is 26.2 Å². The lowest BCUT2D eigenvalue weighted by atomic mass is 10.1. The van der Waals surface area contributed by atoms with Gasteiger partial charge in [0.2, 0.25) is 0 Å². The van der Waals surface area contributed by atoms with Crippen LogP contribution in [0.1, 0.15) is 11.1 Å². The second-order valence-electron chi connectivity index (χ2n) is 4.40. The highest BCUT2D eigenvalue weighted by atomic mass is 16.6. The van der Waals surface area contributed by atoms with Crippen molar-refractivity contribution in [3.8, 4) is 0 Å². The summed E-state index contributed by atoms with van der Waals surface area (Å²) in [5.41, 5.74) is 2.09. The fraction of sp³-hybridized carbons (Fsp3) is 0.500. The molecule has 0 bridgehead atoms. The van der Waals surface area contributed by atoms with Gasteiger partial charge >= 0.3 is 0 Å². The Bertz CT molecular complexity index is 414. The Balaban J connectivity index is 2.06. The van der Waals surface area contributed by atoms with Crippen molar-refractivity contribution in [1.29, 1.82) is 0 Å². The van der Waals surface area contributed by atoms with Gasteiger partial charge in [0.1, 0.15) is 0 Å². The zero-order valence-electron chi connectivity index (χ0n) is 9.98. The molecule has 0 saturated carbocycles. The second kappa shape index (κ2) is 5.25. The maximum absolute atomic E-state index is 10.7. The fourth-order valence-corrected chi connectivity index (χ4v) is 2.15. The van der Waals surface area contributed by atoms with Gasteiger partial charge in [0.05, 0.1) is 4.92 Å². The molecule has 1 fully saturated rings. The molecule has 5 nitrogen and oxygen atoms in total. The number of hydrogen-bond donors (Lipinski definition) is 1. The van der Waals surface area contributed by atoms with E-state index in [1.54, 1.807) is 13.0 Å². The number of nitro groups is 1. The second-order valence-corrected chi connectivity index (χ2v) is 4.40. The van der Waals surface area contributed by atoms with E-state index in [1.807, 2.05) is 12.1 Å². The van der Waals surface area contributed by atoms with Crippen molar-refractivity contribution in [1.82, 2.24) is 10.2 Å². The zero-order chi connectivity index (χ0) is 12.3. The standard InChI is InChI=1S/C12H17N3O2/c1-10-8-11(2-3-12(10)15(16)17)9-14-6-4-13-5-7-14/h2-3,8,13H,4-7,9H2,1H3. The molecule has 0 spiro atoms. The summed E-state index contributed by atoms with van der Waals surface area (Å²) in [7, 11) is 0. The first-order chi connectivity index (χ1) is 8.16. The molecule has 0 aliphatic carbocycles. The Hall–Kier alpha value is -1.46. The SMILES string of the molecule is Cc1cc(CN2CCNCC2)ccc1[N+](=O)[O-]. The minimum absolute atomic E-state index is 0.203. The third kappa shape index (κ3) is 3.01. The predicted octanol–water partition coefficient (Wildman–Crippen LogP) is 1.31. The quantitative estimate of drug-likeness (QED) is 0.634. The first-order valence-electron chi connectivity index (χ1n) is 5.84. The van der Waals surface area contributed by atoms with Gasteiger partial charge in [0.25, 0.3) is 5.69 Å². The van der Waals surface area contributed by atoms with Crippen molar-refractivity contribution in [3.63, 3.8) is 0 Å². The highest BCUT2D eigenvalue weighted by Gasteiger charge is 2.13. The molecule has 17 heavy (non-hydrogen) atoms. The zero-order valence-corrected chi connectivity index (χ0v) is 9.98. The molecule has 1 aliphatic rings. The van der Waals surface area contributed by atoms with E-state index in [-0.39, 0.29) is 10.6 Å². The summed E-state index contributed by atoms with van der Waals surface area (Å²) in [6.07, 6.45) is 0. The number of rotatable bonds is 3. The van der Waals surface area contributed by atoms with Crippen LogP contribution in [0.5, 0.6) is 0 Å². The molecule has 1 heterocycles. The van der Waals surface area contributed by atoms with Crippen LogP contribution in [0.15, 0.2) is 18.2 Å². The first-order valence-corrected chi connectivity index (χ1v) is 5.84. The number of nitro benzene ring substituents is 1. The van der Waals surface area contributed by atoms with Gasteiger partial charge in [0.15, 0.2) is 0 Å². The van der Waals surface area contributed by atoms with Crippen molar-refractivity contribution in [2.45, 2.75) is 13.5 Å². The predicted molar refractivity (Wildman–Crippen MR) is 66.0 cm³/mol. The van der Waals surface area contributed by atoms with Crippen LogP contribution in [0.3, 0.4) is 0 Å². The highest BCUT2D eigenvalue weighted by molar-refractivity contribution is 5.41. The molecule has 1 N–H and O–H groups in total. The lowest BCUT2D eigenvalue weighted by Crippen LogP contribution is -2.42. The van der Waals surface area contributed by atoms with Crippen LogP contribution in [-0.4, -0.2) is 36.0 Å². The summed E-state index contributed by atoms with van der Waals surface area (Å²) >= 11 is 0. The third-order valence-corrected chi connectivity index (χ3v) is 3.07. The molecule has 0 radical (unpaired) electrons. The number of hydrogen-bond acceptors (Lipinski definition) is 4. The van der Waals surface area contributed by atoms with E-state index in [9.17, 15) is 10.1 Å². The van der Waals surface area contributed by atoms with Gasteiger partial charge in [0, 0.05) is 44.4 Å². The number of benzene rings is 1. The lowest BCUT2D eigenvalue weighted by Gasteiger charge is -2.27. The fourth-order valence-electron chi connectivity index (χ4n) is 2.15. The Morgan fingerprint density at radius 1 is 1.41 bits per heavy atom. The summed E-state index contributed by atoms with van der Waals surface area (Å²) in [5, 5.41) is 14.0. The minimum Gasteiger partial charge on any atom is -0.314 e. The molecule has 1 aliphatic heterocycles. The van der Waals surface area contributed by atoms with E-state index in [1.165, 1.54) is 0 Å². The molecule has 5 heteroatoms. The van der Waals surface area contributed by atoms with Gasteiger partial charge in [-0.2, -0.15) is 0 Å². The molecule has 1 aromatic carbocycles. The van der Waals surface area contributed by atoms with Gasteiger partial charge in [-0.05, 0) is 18.6 Å². The van der Waals surface area contributed by atoms with Crippen molar-refractivity contribution < 1.29 is 4.92 Å².